The molecule has 0 radical (unpaired) electrons. The second-order valence-electron chi connectivity index (χ2n) is 9.97. The van der Waals surface area contributed by atoms with Gasteiger partial charge in [-0.15, -0.1) is 0 Å². The van der Waals surface area contributed by atoms with Gasteiger partial charge in [0.1, 0.15) is 18.1 Å². The molecule has 0 spiro atoms. The average molecular weight is 560 g/mol. The number of halogens is 1. The van der Waals surface area contributed by atoms with Crippen LogP contribution in [0.5, 0.6) is 5.75 Å². The SMILES string of the molecule is Cc1cc(/C(O)=C2/C(=O)C(=O)N(c3ccc(Cl)cc3)C2c2cccc3ccccc23)ccc1OCc1ccccc1. The molecular weight excluding hydrogens is 534 g/mol. The highest BCUT2D eigenvalue weighted by Gasteiger charge is 2.47. The molecule has 5 aromatic carbocycles. The number of nitrogens with zero attached hydrogens (tertiary/aromatic N) is 1. The zero-order valence-electron chi connectivity index (χ0n) is 22.3. The fourth-order valence-corrected chi connectivity index (χ4v) is 5.46. The van der Waals surface area contributed by atoms with Crippen molar-refractivity contribution in [2.24, 2.45) is 0 Å². The lowest BCUT2D eigenvalue weighted by atomic mass is 9.91. The third-order valence-electron chi connectivity index (χ3n) is 7.35. The summed E-state index contributed by atoms with van der Waals surface area (Å²) in [6, 6.07) is 34.5. The van der Waals surface area contributed by atoms with E-state index >= 15 is 0 Å². The van der Waals surface area contributed by atoms with Crippen molar-refractivity contribution in [3.05, 3.63) is 148 Å². The summed E-state index contributed by atoms with van der Waals surface area (Å²) in [5.74, 6) is -1.04. The first kappa shape index (κ1) is 26.4. The Morgan fingerprint density at radius 3 is 2.32 bits per heavy atom. The monoisotopic (exact) mass is 559 g/mol. The second-order valence-corrected chi connectivity index (χ2v) is 10.4. The van der Waals surface area contributed by atoms with Gasteiger partial charge in [0.05, 0.1) is 11.6 Å². The molecule has 1 N–H and O–H groups in total. The van der Waals surface area contributed by atoms with Gasteiger partial charge in [0.25, 0.3) is 11.7 Å². The largest absolute Gasteiger partial charge is 0.507 e. The van der Waals surface area contributed by atoms with Gasteiger partial charge < -0.3 is 9.84 Å². The first-order valence-corrected chi connectivity index (χ1v) is 13.6. The summed E-state index contributed by atoms with van der Waals surface area (Å²) in [6.45, 7) is 2.28. The summed E-state index contributed by atoms with van der Waals surface area (Å²) in [5, 5.41) is 14.0. The third kappa shape index (κ3) is 4.96. The van der Waals surface area contributed by atoms with E-state index in [0.717, 1.165) is 27.5 Å². The molecule has 1 amide bonds. The van der Waals surface area contributed by atoms with Gasteiger partial charge in [-0.2, -0.15) is 0 Å². The minimum Gasteiger partial charge on any atom is -0.507 e. The quantitative estimate of drug-likeness (QED) is 0.130. The molecule has 0 aromatic heterocycles. The van der Waals surface area contributed by atoms with Crippen LogP contribution in [-0.4, -0.2) is 16.8 Å². The van der Waals surface area contributed by atoms with Crippen molar-refractivity contribution < 1.29 is 19.4 Å². The number of fused-ring (bicyclic) bond motifs is 1. The van der Waals surface area contributed by atoms with Crippen LogP contribution in [0.2, 0.25) is 5.02 Å². The van der Waals surface area contributed by atoms with Gasteiger partial charge in [-0.3, -0.25) is 14.5 Å². The molecule has 0 saturated carbocycles. The Balaban J connectivity index is 1.46. The summed E-state index contributed by atoms with van der Waals surface area (Å²) in [4.78, 5) is 28.7. The smallest absolute Gasteiger partial charge is 0.300 e. The number of hydrogen-bond donors (Lipinski definition) is 1. The van der Waals surface area contributed by atoms with Crippen molar-refractivity contribution >= 4 is 45.5 Å². The van der Waals surface area contributed by atoms with E-state index in [1.807, 2.05) is 79.7 Å². The third-order valence-corrected chi connectivity index (χ3v) is 7.60. The van der Waals surface area contributed by atoms with Crippen LogP contribution >= 0.6 is 11.6 Å². The molecular formula is C35H26ClNO4. The maximum Gasteiger partial charge on any atom is 0.300 e. The van der Waals surface area contributed by atoms with Crippen molar-refractivity contribution in [1.82, 2.24) is 0 Å². The van der Waals surface area contributed by atoms with Gasteiger partial charge in [-0.25, -0.2) is 0 Å². The lowest BCUT2D eigenvalue weighted by Gasteiger charge is -2.26. The molecule has 1 aliphatic heterocycles. The number of carbonyl (C=O) groups excluding carboxylic acids is 2. The Bertz CT molecular complexity index is 1810. The first-order valence-electron chi connectivity index (χ1n) is 13.2. The predicted octanol–water partition coefficient (Wildman–Crippen LogP) is 8.01. The van der Waals surface area contributed by atoms with Gasteiger partial charge >= 0.3 is 0 Å². The van der Waals surface area contributed by atoms with E-state index in [1.54, 1.807) is 42.5 Å². The summed E-state index contributed by atoms with van der Waals surface area (Å²) in [5.41, 5.74) is 3.52. The fraction of sp³-hybridized carbons (Fsp3) is 0.0857. The zero-order valence-corrected chi connectivity index (χ0v) is 23.0. The number of amides is 1. The van der Waals surface area contributed by atoms with Crippen LogP contribution in [0.1, 0.15) is 28.3 Å². The Morgan fingerprint density at radius 2 is 1.56 bits per heavy atom. The van der Waals surface area contributed by atoms with Crippen LogP contribution in [0, 0.1) is 6.92 Å². The van der Waals surface area contributed by atoms with Gasteiger partial charge in [0, 0.05) is 16.3 Å². The Labute approximate surface area is 242 Å². The maximum absolute atomic E-state index is 13.6. The van der Waals surface area contributed by atoms with Gasteiger partial charge in [0.2, 0.25) is 0 Å². The molecule has 0 aliphatic carbocycles. The molecule has 41 heavy (non-hydrogen) atoms. The highest BCUT2D eigenvalue weighted by atomic mass is 35.5. The highest BCUT2D eigenvalue weighted by molar-refractivity contribution is 6.52. The lowest BCUT2D eigenvalue weighted by Crippen LogP contribution is -2.29. The summed E-state index contributed by atoms with van der Waals surface area (Å²) in [7, 11) is 0. The van der Waals surface area contributed by atoms with Gasteiger partial charge in [-0.05, 0) is 76.9 Å². The van der Waals surface area contributed by atoms with Crippen LogP contribution in [0.25, 0.3) is 16.5 Å². The van der Waals surface area contributed by atoms with E-state index in [1.165, 1.54) is 4.90 Å². The number of ether oxygens (including phenoxy) is 1. The molecule has 1 atom stereocenters. The topological polar surface area (TPSA) is 66.8 Å². The molecule has 1 heterocycles. The number of hydrogen-bond acceptors (Lipinski definition) is 4. The minimum atomic E-state index is -0.850. The Hall–Kier alpha value is -4.87. The molecule has 1 unspecified atom stereocenters. The zero-order chi connectivity index (χ0) is 28.5. The average Bonchev–Trinajstić information content (AvgIpc) is 3.26. The van der Waals surface area contributed by atoms with E-state index in [2.05, 4.69) is 0 Å². The van der Waals surface area contributed by atoms with E-state index < -0.39 is 17.7 Å². The number of anilines is 1. The van der Waals surface area contributed by atoms with E-state index in [-0.39, 0.29) is 11.3 Å². The van der Waals surface area contributed by atoms with Crippen molar-refractivity contribution in [2.75, 3.05) is 4.90 Å². The van der Waals surface area contributed by atoms with Crippen LogP contribution < -0.4 is 9.64 Å². The number of benzene rings is 5. The molecule has 1 fully saturated rings. The van der Waals surface area contributed by atoms with E-state index in [4.69, 9.17) is 16.3 Å². The van der Waals surface area contributed by atoms with Crippen molar-refractivity contribution in [3.63, 3.8) is 0 Å². The number of aryl methyl sites for hydroxylation is 1. The predicted molar refractivity (Wildman–Crippen MR) is 162 cm³/mol. The summed E-state index contributed by atoms with van der Waals surface area (Å²) >= 11 is 6.13. The molecule has 5 aromatic rings. The van der Waals surface area contributed by atoms with Crippen molar-refractivity contribution in [1.29, 1.82) is 0 Å². The maximum atomic E-state index is 13.6. The first-order chi connectivity index (χ1) is 19.9. The number of Topliss-reactive ketones (excluding diaryl/α,β-unsaturated/α-hetero) is 1. The number of ketones is 1. The second kappa shape index (κ2) is 11.0. The standard InChI is InChI=1S/C35H26ClNO4/c1-22-20-25(14-19-30(22)41-21-23-8-3-2-4-9-23)33(38)31-32(29-13-7-11-24-10-5-6-12-28(24)29)37(35(40)34(31)39)27-17-15-26(36)16-18-27/h2-20,32,38H,21H2,1H3/b33-31-. The Morgan fingerprint density at radius 1 is 0.854 bits per heavy atom. The van der Waals surface area contributed by atoms with Crippen LogP contribution in [0.3, 0.4) is 0 Å². The molecule has 6 heteroatoms. The van der Waals surface area contributed by atoms with Gasteiger partial charge in [-0.1, -0.05) is 84.4 Å². The van der Waals surface area contributed by atoms with Crippen molar-refractivity contribution in [3.8, 4) is 5.75 Å². The van der Waals surface area contributed by atoms with Gasteiger partial charge in [0.15, 0.2) is 0 Å². The van der Waals surface area contributed by atoms with Crippen molar-refractivity contribution in [2.45, 2.75) is 19.6 Å². The Kier molecular flexibility index (Phi) is 7.04. The number of aliphatic hydroxyl groups excluding tert-OH is 1. The van der Waals surface area contributed by atoms with Crippen LogP contribution in [0.4, 0.5) is 5.69 Å². The van der Waals surface area contributed by atoms with E-state index in [0.29, 0.717) is 28.6 Å². The van der Waals surface area contributed by atoms with Crippen LogP contribution in [0.15, 0.2) is 121 Å². The molecule has 1 aliphatic rings. The highest BCUT2D eigenvalue weighted by Crippen LogP contribution is 2.44. The molecule has 5 nitrogen and oxygen atoms in total. The fourth-order valence-electron chi connectivity index (χ4n) is 5.33. The number of aliphatic hydroxyl groups is 1. The molecule has 0 bridgehead atoms. The molecule has 1 saturated heterocycles. The normalized spacial score (nSPS) is 16.3. The summed E-state index contributed by atoms with van der Waals surface area (Å²) in [6.07, 6.45) is 0. The summed E-state index contributed by atoms with van der Waals surface area (Å²) < 4.78 is 6.01. The molecule has 6 rings (SSSR count). The minimum absolute atomic E-state index is 0.0265. The van der Waals surface area contributed by atoms with E-state index in [9.17, 15) is 14.7 Å². The number of carbonyl (C=O) groups is 2. The van der Waals surface area contributed by atoms with Crippen LogP contribution in [-0.2, 0) is 16.2 Å². The number of rotatable bonds is 6. The molecule has 202 valence electrons. The lowest BCUT2D eigenvalue weighted by molar-refractivity contribution is -0.132.